The maximum atomic E-state index is 11.9. The quantitative estimate of drug-likeness (QED) is 0.737. The lowest BCUT2D eigenvalue weighted by atomic mass is 10.1. The highest BCUT2D eigenvalue weighted by atomic mass is 16.2. The molecule has 5 nitrogen and oxygen atoms in total. The lowest BCUT2D eigenvalue weighted by Crippen LogP contribution is -2.41. The van der Waals surface area contributed by atoms with Crippen LogP contribution < -0.4 is 10.6 Å². The Balaban J connectivity index is 2.33. The van der Waals surface area contributed by atoms with E-state index in [1.54, 1.807) is 4.90 Å². The van der Waals surface area contributed by atoms with Gasteiger partial charge >= 0.3 is 0 Å². The average Bonchev–Trinajstić information content (AvgIpc) is 2.40. The smallest absolute Gasteiger partial charge is 0.239 e. The van der Waals surface area contributed by atoms with Crippen molar-refractivity contribution in [1.82, 2.24) is 15.5 Å². The monoisotopic (exact) mass is 241 g/mol. The van der Waals surface area contributed by atoms with Crippen molar-refractivity contribution in [2.75, 3.05) is 26.2 Å². The predicted octanol–water partition coefficient (Wildman–Crippen LogP) is 0.113. The van der Waals surface area contributed by atoms with E-state index in [2.05, 4.69) is 31.4 Å². The van der Waals surface area contributed by atoms with E-state index in [0.717, 1.165) is 6.42 Å². The Morgan fingerprint density at radius 3 is 2.82 bits per heavy atom. The second-order valence-electron chi connectivity index (χ2n) is 5.45. The molecule has 1 rings (SSSR count). The van der Waals surface area contributed by atoms with Gasteiger partial charge in [-0.05, 0) is 27.2 Å². The maximum Gasteiger partial charge on any atom is 0.239 e. The third-order valence-electron chi connectivity index (χ3n) is 2.61. The van der Waals surface area contributed by atoms with Crippen molar-refractivity contribution in [3.8, 4) is 0 Å². The second-order valence-corrected chi connectivity index (χ2v) is 5.45. The molecule has 0 spiro atoms. The number of carbonyl (C=O) groups excluding carboxylic acids is 2. The van der Waals surface area contributed by atoms with Crippen LogP contribution in [0.15, 0.2) is 0 Å². The Morgan fingerprint density at radius 1 is 1.47 bits per heavy atom. The first-order valence-corrected chi connectivity index (χ1v) is 6.18. The minimum absolute atomic E-state index is 0.0242. The molecule has 2 N–H and O–H groups in total. The van der Waals surface area contributed by atoms with Gasteiger partial charge in [0, 0.05) is 31.6 Å². The molecule has 98 valence electrons. The van der Waals surface area contributed by atoms with Crippen LogP contribution in [0.5, 0.6) is 0 Å². The third-order valence-corrected chi connectivity index (χ3v) is 2.61. The SMILES string of the molecule is CC(C)(C)NCCC(=O)N1CCCNC(=O)C1. The minimum atomic E-state index is -0.0559. The Bertz CT molecular complexity index is 284. The van der Waals surface area contributed by atoms with E-state index in [0.29, 0.717) is 26.1 Å². The first kappa shape index (κ1) is 14.0. The molecule has 1 fully saturated rings. The first-order valence-electron chi connectivity index (χ1n) is 6.18. The fraction of sp³-hybridized carbons (Fsp3) is 0.833. The standard InChI is InChI=1S/C12H23N3O2/c1-12(2,3)14-7-5-11(17)15-8-4-6-13-10(16)9-15/h14H,4-9H2,1-3H3,(H,13,16). The molecule has 1 aliphatic heterocycles. The van der Waals surface area contributed by atoms with Crippen LogP contribution in [0.4, 0.5) is 0 Å². The highest BCUT2D eigenvalue weighted by Crippen LogP contribution is 2.02. The fourth-order valence-corrected chi connectivity index (χ4v) is 1.72. The molecule has 0 aliphatic carbocycles. The molecule has 0 unspecified atom stereocenters. The van der Waals surface area contributed by atoms with Gasteiger partial charge in [0.2, 0.25) is 11.8 Å². The van der Waals surface area contributed by atoms with E-state index in [9.17, 15) is 9.59 Å². The number of hydrogen-bond donors (Lipinski definition) is 2. The van der Waals surface area contributed by atoms with Gasteiger partial charge in [-0.25, -0.2) is 0 Å². The fourth-order valence-electron chi connectivity index (χ4n) is 1.72. The van der Waals surface area contributed by atoms with E-state index in [1.807, 2.05) is 0 Å². The average molecular weight is 241 g/mol. The molecule has 0 aromatic heterocycles. The normalized spacial score (nSPS) is 17.6. The third kappa shape index (κ3) is 5.68. The number of amides is 2. The highest BCUT2D eigenvalue weighted by molar-refractivity contribution is 5.85. The molecule has 0 radical (unpaired) electrons. The molecule has 0 saturated carbocycles. The molecule has 1 aliphatic rings. The predicted molar refractivity (Wildman–Crippen MR) is 66.6 cm³/mol. The molecular formula is C12H23N3O2. The number of rotatable bonds is 3. The van der Waals surface area contributed by atoms with Gasteiger partial charge in [-0.3, -0.25) is 9.59 Å². The number of nitrogens with one attached hydrogen (secondary N) is 2. The summed E-state index contributed by atoms with van der Waals surface area (Å²) >= 11 is 0. The Morgan fingerprint density at radius 2 is 2.18 bits per heavy atom. The van der Waals surface area contributed by atoms with Gasteiger partial charge in [0.05, 0.1) is 6.54 Å². The van der Waals surface area contributed by atoms with Crippen LogP contribution in [-0.4, -0.2) is 48.4 Å². The van der Waals surface area contributed by atoms with E-state index >= 15 is 0 Å². The summed E-state index contributed by atoms with van der Waals surface area (Å²) < 4.78 is 0. The summed E-state index contributed by atoms with van der Waals surface area (Å²) in [6.07, 6.45) is 1.29. The van der Waals surface area contributed by atoms with Crippen LogP contribution in [0.3, 0.4) is 0 Å². The van der Waals surface area contributed by atoms with Gasteiger partial charge in [0.25, 0.3) is 0 Å². The van der Waals surface area contributed by atoms with Crippen molar-refractivity contribution in [2.24, 2.45) is 0 Å². The maximum absolute atomic E-state index is 11.9. The molecule has 0 atom stereocenters. The summed E-state index contributed by atoms with van der Waals surface area (Å²) in [5.41, 5.74) is 0.0242. The van der Waals surface area contributed by atoms with Gasteiger partial charge in [0.15, 0.2) is 0 Å². The first-order chi connectivity index (χ1) is 7.88. The second kappa shape index (κ2) is 6.00. The molecular weight excluding hydrogens is 218 g/mol. The topological polar surface area (TPSA) is 61.4 Å². The number of nitrogens with zero attached hydrogens (tertiary/aromatic N) is 1. The molecule has 2 amide bonds. The van der Waals surface area contributed by atoms with Gasteiger partial charge < -0.3 is 15.5 Å². The molecule has 0 aromatic rings. The van der Waals surface area contributed by atoms with Crippen LogP contribution in [0.2, 0.25) is 0 Å². The zero-order valence-corrected chi connectivity index (χ0v) is 11.0. The summed E-state index contributed by atoms with van der Waals surface area (Å²) in [6.45, 7) is 8.40. The van der Waals surface area contributed by atoms with Crippen molar-refractivity contribution in [1.29, 1.82) is 0 Å². The molecule has 17 heavy (non-hydrogen) atoms. The van der Waals surface area contributed by atoms with Crippen LogP contribution >= 0.6 is 0 Å². The molecule has 1 heterocycles. The Hall–Kier alpha value is -1.10. The summed E-state index contributed by atoms with van der Waals surface area (Å²) in [4.78, 5) is 24.8. The minimum Gasteiger partial charge on any atom is -0.354 e. The number of carbonyl (C=O) groups is 2. The lowest BCUT2D eigenvalue weighted by molar-refractivity contribution is -0.135. The highest BCUT2D eigenvalue weighted by Gasteiger charge is 2.19. The molecule has 1 saturated heterocycles. The Kier molecular flexibility index (Phi) is 4.93. The van der Waals surface area contributed by atoms with Crippen LogP contribution in [0.1, 0.15) is 33.6 Å². The molecule has 0 bridgehead atoms. The van der Waals surface area contributed by atoms with Crippen LogP contribution in [-0.2, 0) is 9.59 Å². The summed E-state index contributed by atoms with van der Waals surface area (Å²) in [5, 5.41) is 6.03. The van der Waals surface area contributed by atoms with E-state index in [4.69, 9.17) is 0 Å². The van der Waals surface area contributed by atoms with Crippen molar-refractivity contribution in [3.63, 3.8) is 0 Å². The van der Waals surface area contributed by atoms with E-state index < -0.39 is 0 Å². The summed E-state index contributed by atoms with van der Waals surface area (Å²) in [7, 11) is 0. The molecule has 5 heteroatoms. The van der Waals surface area contributed by atoms with Crippen molar-refractivity contribution in [3.05, 3.63) is 0 Å². The molecule has 0 aromatic carbocycles. The number of hydrogen-bond acceptors (Lipinski definition) is 3. The van der Waals surface area contributed by atoms with Gasteiger partial charge in [0.1, 0.15) is 0 Å². The van der Waals surface area contributed by atoms with Crippen molar-refractivity contribution >= 4 is 11.8 Å². The van der Waals surface area contributed by atoms with Gasteiger partial charge in [-0.1, -0.05) is 0 Å². The van der Waals surface area contributed by atoms with E-state index in [-0.39, 0.29) is 23.9 Å². The van der Waals surface area contributed by atoms with Crippen molar-refractivity contribution < 1.29 is 9.59 Å². The summed E-state index contributed by atoms with van der Waals surface area (Å²) in [6, 6.07) is 0. The van der Waals surface area contributed by atoms with Gasteiger partial charge in [-0.15, -0.1) is 0 Å². The van der Waals surface area contributed by atoms with E-state index in [1.165, 1.54) is 0 Å². The van der Waals surface area contributed by atoms with Crippen LogP contribution in [0, 0.1) is 0 Å². The summed E-state index contributed by atoms with van der Waals surface area (Å²) in [5.74, 6) is -0.00145. The van der Waals surface area contributed by atoms with Crippen LogP contribution in [0.25, 0.3) is 0 Å². The Labute approximate surface area is 103 Å². The van der Waals surface area contributed by atoms with Crippen molar-refractivity contribution in [2.45, 2.75) is 39.2 Å². The zero-order valence-electron chi connectivity index (χ0n) is 11.0. The largest absolute Gasteiger partial charge is 0.354 e. The van der Waals surface area contributed by atoms with Gasteiger partial charge in [-0.2, -0.15) is 0 Å². The lowest BCUT2D eigenvalue weighted by Gasteiger charge is -2.23. The zero-order chi connectivity index (χ0) is 12.9.